The van der Waals surface area contributed by atoms with Gasteiger partial charge in [-0.25, -0.2) is 0 Å². The fourth-order valence-electron chi connectivity index (χ4n) is 3.62. The van der Waals surface area contributed by atoms with Gasteiger partial charge in [-0.2, -0.15) is 0 Å². The van der Waals surface area contributed by atoms with E-state index in [1.165, 1.54) is 18.4 Å². The molecule has 4 nitrogen and oxygen atoms in total. The van der Waals surface area contributed by atoms with E-state index in [1.807, 2.05) is 28.9 Å². The molecule has 2 bridgehead atoms. The first kappa shape index (κ1) is 12.0. The highest BCUT2D eigenvalue weighted by Gasteiger charge is 2.39. The Balaban J connectivity index is 1.54. The van der Waals surface area contributed by atoms with E-state index in [4.69, 9.17) is 0 Å². The Morgan fingerprint density at radius 3 is 3.00 bits per heavy atom. The number of rotatable bonds is 2. The van der Waals surface area contributed by atoms with Crippen molar-refractivity contribution >= 4 is 11.4 Å². The molecule has 0 saturated carbocycles. The number of nitrogens with zero attached hydrogens (tertiary/aromatic N) is 1. The molecule has 2 aromatic rings. The highest BCUT2D eigenvalue weighted by molar-refractivity contribution is 5.94. The molecule has 0 aliphatic carbocycles. The lowest BCUT2D eigenvalue weighted by Crippen LogP contribution is -2.42. The average Bonchev–Trinajstić information content (AvgIpc) is 3.14. The standard InChI is InChI=1S/C16H19N3O/c1-10-6-7-19-9-11(2-5-15(10)19)16(20)18-14-8-12-3-4-13(14)17-12/h2,5-7,9,12-14,17H,3-4,8H2,1H3,(H,18,20)/t12-,13+,14-/m1/s1. The van der Waals surface area contributed by atoms with Gasteiger partial charge in [0.1, 0.15) is 0 Å². The Hall–Kier alpha value is -1.81. The molecule has 2 aliphatic rings. The van der Waals surface area contributed by atoms with Gasteiger partial charge in [0.05, 0.1) is 5.56 Å². The van der Waals surface area contributed by atoms with E-state index < -0.39 is 0 Å². The summed E-state index contributed by atoms with van der Waals surface area (Å²) in [6.07, 6.45) is 7.43. The van der Waals surface area contributed by atoms with E-state index in [2.05, 4.69) is 23.6 Å². The van der Waals surface area contributed by atoms with Gasteiger partial charge in [-0.3, -0.25) is 4.79 Å². The molecule has 1 amide bonds. The van der Waals surface area contributed by atoms with Crippen LogP contribution in [0, 0.1) is 6.92 Å². The lowest BCUT2D eigenvalue weighted by Gasteiger charge is -2.21. The van der Waals surface area contributed by atoms with Gasteiger partial charge in [0.15, 0.2) is 0 Å². The molecule has 20 heavy (non-hydrogen) atoms. The highest BCUT2D eigenvalue weighted by Crippen LogP contribution is 2.28. The first-order valence-electron chi connectivity index (χ1n) is 7.35. The van der Waals surface area contributed by atoms with Gasteiger partial charge < -0.3 is 15.0 Å². The molecular weight excluding hydrogens is 250 g/mol. The van der Waals surface area contributed by atoms with Crippen LogP contribution in [0.3, 0.4) is 0 Å². The molecular formula is C16H19N3O. The molecule has 2 aromatic heterocycles. The maximum absolute atomic E-state index is 12.4. The molecule has 104 valence electrons. The summed E-state index contributed by atoms with van der Waals surface area (Å²) in [6, 6.07) is 7.38. The number of aryl methyl sites for hydroxylation is 1. The van der Waals surface area contributed by atoms with Gasteiger partial charge in [-0.15, -0.1) is 0 Å². The van der Waals surface area contributed by atoms with Crippen LogP contribution in [0.15, 0.2) is 30.6 Å². The zero-order chi connectivity index (χ0) is 13.7. The summed E-state index contributed by atoms with van der Waals surface area (Å²) in [5.74, 6) is 0.0394. The van der Waals surface area contributed by atoms with Gasteiger partial charge in [-0.05, 0) is 49.9 Å². The van der Waals surface area contributed by atoms with Crippen LogP contribution in [0.5, 0.6) is 0 Å². The molecule has 3 atom stereocenters. The number of hydrogen-bond acceptors (Lipinski definition) is 2. The average molecular weight is 269 g/mol. The zero-order valence-electron chi connectivity index (χ0n) is 11.6. The quantitative estimate of drug-likeness (QED) is 0.874. The number of carbonyl (C=O) groups excluding carboxylic acids is 1. The summed E-state index contributed by atoms with van der Waals surface area (Å²) in [5, 5.41) is 6.73. The number of aromatic nitrogens is 1. The van der Waals surface area contributed by atoms with E-state index in [-0.39, 0.29) is 5.91 Å². The van der Waals surface area contributed by atoms with Crippen LogP contribution in [0.2, 0.25) is 0 Å². The van der Waals surface area contributed by atoms with Gasteiger partial charge >= 0.3 is 0 Å². The van der Waals surface area contributed by atoms with Crippen molar-refractivity contribution in [3.63, 3.8) is 0 Å². The zero-order valence-corrected chi connectivity index (χ0v) is 11.6. The molecule has 0 spiro atoms. The lowest BCUT2D eigenvalue weighted by atomic mass is 9.95. The number of fused-ring (bicyclic) bond motifs is 3. The third-order valence-electron chi connectivity index (χ3n) is 4.75. The number of amides is 1. The Morgan fingerprint density at radius 2 is 2.25 bits per heavy atom. The third kappa shape index (κ3) is 1.83. The van der Waals surface area contributed by atoms with Crippen molar-refractivity contribution in [3.05, 3.63) is 41.7 Å². The van der Waals surface area contributed by atoms with Gasteiger partial charge in [0.25, 0.3) is 5.91 Å². The monoisotopic (exact) mass is 269 g/mol. The molecule has 2 aliphatic heterocycles. The Labute approximate surface area is 118 Å². The van der Waals surface area contributed by atoms with Gasteiger partial charge in [-0.1, -0.05) is 0 Å². The second-order valence-corrected chi connectivity index (χ2v) is 6.07. The van der Waals surface area contributed by atoms with Crippen LogP contribution in [0.1, 0.15) is 35.2 Å². The molecule has 2 N–H and O–H groups in total. The minimum Gasteiger partial charge on any atom is -0.348 e. The van der Waals surface area contributed by atoms with Crippen LogP contribution in [-0.2, 0) is 0 Å². The summed E-state index contributed by atoms with van der Waals surface area (Å²) >= 11 is 0. The number of pyridine rings is 1. The van der Waals surface area contributed by atoms with Crippen LogP contribution in [0.25, 0.3) is 5.52 Å². The Morgan fingerprint density at radius 1 is 1.35 bits per heavy atom. The molecule has 2 saturated heterocycles. The van der Waals surface area contributed by atoms with Gasteiger partial charge in [0, 0.05) is 36.0 Å². The minimum absolute atomic E-state index is 0.0394. The summed E-state index contributed by atoms with van der Waals surface area (Å²) in [6.45, 7) is 2.08. The SMILES string of the molecule is Cc1ccn2cc(C(=O)N[C@@H]3C[C@H]4CC[C@@H]3N4)ccc12. The van der Waals surface area contributed by atoms with Crippen molar-refractivity contribution in [3.8, 4) is 0 Å². The maximum atomic E-state index is 12.4. The maximum Gasteiger partial charge on any atom is 0.253 e. The van der Waals surface area contributed by atoms with Crippen LogP contribution >= 0.6 is 0 Å². The number of hydrogen-bond donors (Lipinski definition) is 2. The Kier molecular flexibility index (Phi) is 2.60. The van der Waals surface area contributed by atoms with Gasteiger partial charge in [0.2, 0.25) is 0 Å². The summed E-state index contributed by atoms with van der Waals surface area (Å²) in [4.78, 5) is 12.4. The molecule has 0 unspecified atom stereocenters. The van der Waals surface area contributed by atoms with Crippen molar-refractivity contribution in [1.29, 1.82) is 0 Å². The largest absolute Gasteiger partial charge is 0.348 e. The number of nitrogens with one attached hydrogen (secondary N) is 2. The molecule has 0 radical (unpaired) electrons. The van der Waals surface area contributed by atoms with E-state index in [1.54, 1.807) is 0 Å². The van der Waals surface area contributed by atoms with E-state index >= 15 is 0 Å². The van der Waals surface area contributed by atoms with Crippen LogP contribution < -0.4 is 10.6 Å². The van der Waals surface area contributed by atoms with E-state index in [0.29, 0.717) is 18.1 Å². The lowest BCUT2D eigenvalue weighted by molar-refractivity contribution is 0.0930. The van der Waals surface area contributed by atoms with Crippen molar-refractivity contribution < 1.29 is 4.79 Å². The Bertz CT molecular complexity index is 675. The molecule has 4 heterocycles. The predicted octanol–water partition coefficient (Wildman–Crippen LogP) is 1.87. The van der Waals surface area contributed by atoms with E-state index in [9.17, 15) is 4.79 Å². The first-order valence-corrected chi connectivity index (χ1v) is 7.35. The van der Waals surface area contributed by atoms with Crippen molar-refractivity contribution in [2.75, 3.05) is 0 Å². The topological polar surface area (TPSA) is 45.5 Å². The summed E-state index contributed by atoms with van der Waals surface area (Å²) in [7, 11) is 0. The second kappa shape index (κ2) is 4.35. The van der Waals surface area contributed by atoms with Crippen LogP contribution in [-0.4, -0.2) is 28.4 Å². The number of carbonyl (C=O) groups is 1. The van der Waals surface area contributed by atoms with Crippen molar-refractivity contribution in [2.24, 2.45) is 0 Å². The molecule has 2 fully saturated rings. The highest BCUT2D eigenvalue weighted by atomic mass is 16.1. The predicted molar refractivity (Wildman–Crippen MR) is 78.0 cm³/mol. The van der Waals surface area contributed by atoms with Crippen molar-refractivity contribution in [2.45, 2.75) is 44.3 Å². The minimum atomic E-state index is 0.0394. The fourth-order valence-corrected chi connectivity index (χ4v) is 3.62. The summed E-state index contributed by atoms with van der Waals surface area (Å²) < 4.78 is 2.02. The van der Waals surface area contributed by atoms with Crippen molar-refractivity contribution in [1.82, 2.24) is 15.0 Å². The fraction of sp³-hybridized carbons (Fsp3) is 0.438. The third-order valence-corrected chi connectivity index (χ3v) is 4.75. The molecule has 4 rings (SSSR count). The molecule has 0 aromatic carbocycles. The van der Waals surface area contributed by atoms with Crippen LogP contribution in [0.4, 0.5) is 0 Å². The first-order chi connectivity index (χ1) is 9.70. The summed E-state index contributed by atoms with van der Waals surface area (Å²) in [5.41, 5.74) is 3.12. The smallest absolute Gasteiger partial charge is 0.253 e. The molecule has 4 heteroatoms. The van der Waals surface area contributed by atoms with E-state index in [0.717, 1.165) is 17.5 Å². The second-order valence-electron chi connectivity index (χ2n) is 6.07. The normalized spacial score (nSPS) is 28.1.